The molecule has 2 atom stereocenters. The highest BCUT2D eigenvalue weighted by Crippen LogP contribution is 2.40. The van der Waals surface area contributed by atoms with Gasteiger partial charge in [0.05, 0.1) is 62.0 Å². The first-order valence-corrected chi connectivity index (χ1v) is 16.0. The van der Waals surface area contributed by atoms with E-state index in [9.17, 15) is 9.59 Å². The Morgan fingerprint density at radius 2 is 1.17 bits per heavy atom. The standard InChI is InChI=1S/C36H42N4O6/c1-6-23-12-25-18-37-29-16-33(31(43-4)14-27(29)35(41)39(25)20-23)45-10-8-22(3)9-11-46-34-17-30-28(15-32(34)44-5)36(42)40-21-24(7-2)13-26(40)19-38-30/h6-7,14-19,22,25-26H,8-13,20-21H2,1-5H3/b23-6+,24-7+/t25-,26-/m0/s1. The minimum absolute atomic E-state index is 0.0324. The number of aliphatic imine (C=N–C) groups is 2. The summed E-state index contributed by atoms with van der Waals surface area (Å²) in [5.74, 6) is 2.39. The summed E-state index contributed by atoms with van der Waals surface area (Å²) in [7, 11) is 3.16. The number of fused-ring (bicyclic) bond motifs is 4. The van der Waals surface area contributed by atoms with Gasteiger partial charge < -0.3 is 28.7 Å². The molecule has 0 radical (unpaired) electrons. The lowest BCUT2D eigenvalue weighted by Crippen LogP contribution is -2.35. The lowest BCUT2D eigenvalue weighted by Gasteiger charge is -2.20. The van der Waals surface area contributed by atoms with Gasteiger partial charge in [-0.2, -0.15) is 0 Å². The average Bonchev–Trinajstić information content (AvgIpc) is 3.63. The first kappa shape index (κ1) is 31.4. The molecule has 0 spiro atoms. The fraction of sp³-hybridized carbons (Fsp3) is 0.444. The molecule has 0 saturated carbocycles. The molecule has 0 aliphatic carbocycles. The summed E-state index contributed by atoms with van der Waals surface area (Å²) in [6.07, 6.45) is 11.1. The van der Waals surface area contributed by atoms with E-state index >= 15 is 0 Å². The van der Waals surface area contributed by atoms with Crippen LogP contribution in [0.5, 0.6) is 23.0 Å². The first-order chi connectivity index (χ1) is 22.3. The number of methoxy groups -OCH3 is 2. The molecule has 2 amide bonds. The number of hydrogen-bond donors (Lipinski definition) is 0. The molecule has 2 aromatic carbocycles. The van der Waals surface area contributed by atoms with Gasteiger partial charge in [0.25, 0.3) is 11.8 Å². The molecule has 4 heterocycles. The molecule has 10 nitrogen and oxygen atoms in total. The Hall–Kier alpha value is -4.60. The Morgan fingerprint density at radius 3 is 1.57 bits per heavy atom. The van der Waals surface area contributed by atoms with Crippen molar-refractivity contribution in [2.24, 2.45) is 15.9 Å². The number of amides is 2. The molecule has 2 aromatic rings. The first-order valence-electron chi connectivity index (χ1n) is 16.0. The van der Waals surface area contributed by atoms with Crippen LogP contribution in [-0.4, -0.2) is 86.6 Å². The summed E-state index contributed by atoms with van der Waals surface area (Å²) in [5.41, 5.74) is 4.73. The van der Waals surface area contributed by atoms with Crippen LogP contribution >= 0.6 is 0 Å². The van der Waals surface area contributed by atoms with Crippen LogP contribution in [-0.2, 0) is 0 Å². The Balaban J connectivity index is 1.04. The highest BCUT2D eigenvalue weighted by molar-refractivity contribution is 6.04. The Bertz CT molecular complexity index is 1520. The van der Waals surface area contributed by atoms with Gasteiger partial charge in [-0.05, 0) is 57.6 Å². The van der Waals surface area contributed by atoms with Gasteiger partial charge in [0.2, 0.25) is 0 Å². The van der Waals surface area contributed by atoms with E-state index < -0.39 is 0 Å². The van der Waals surface area contributed by atoms with E-state index in [2.05, 4.69) is 29.1 Å². The van der Waals surface area contributed by atoms with E-state index in [1.807, 2.05) is 36.1 Å². The van der Waals surface area contributed by atoms with Crippen molar-refractivity contribution in [2.75, 3.05) is 40.5 Å². The molecule has 4 aliphatic heterocycles. The minimum Gasteiger partial charge on any atom is -0.493 e. The number of benzene rings is 2. The predicted molar refractivity (Wildman–Crippen MR) is 178 cm³/mol. The van der Waals surface area contributed by atoms with Crippen LogP contribution in [0.1, 0.15) is 67.2 Å². The molecule has 0 bridgehead atoms. The topological polar surface area (TPSA) is 102 Å². The van der Waals surface area contributed by atoms with Crippen molar-refractivity contribution in [1.29, 1.82) is 0 Å². The Kier molecular flexibility index (Phi) is 9.15. The summed E-state index contributed by atoms with van der Waals surface area (Å²) in [6, 6.07) is 7.02. The number of rotatable bonds is 10. The number of carbonyl (C=O) groups is 2. The number of hydrogen-bond acceptors (Lipinski definition) is 8. The van der Waals surface area contributed by atoms with Crippen molar-refractivity contribution in [3.05, 3.63) is 58.7 Å². The van der Waals surface area contributed by atoms with E-state index in [0.29, 0.717) is 77.7 Å². The van der Waals surface area contributed by atoms with E-state index in [1.165, 1.54) is 11.1 Å². The van der Waals surface area contributed by atoms with Crippen molar-refractivity contribution in [1.82, 2.24) is 9.80 Å². The van der Waals surface area contributed by atoms with Crippen LogP contribution in [0, 0.1) is 5.92 Å². The average molecular weight is 627 g/mol. The van der Waals surface area contributed by atoms with Crippen molar-refractivity contribution < 1.29 is 28.5 Å². The van der Waals surface area contributed by atoms with Gasteiger partial charge >= 0.3 is 0 Å². The lowest BCUT2D eigenvalue weighted by molar-refractivity contribution is 0.0769. The van der Waals surface area contributed by atoms with Crippen LogP contribution < -0.4 is 18.9 Å². The van der Waals surface area contributed by atoms with Crippen LogP contribution in [0.15, 0.2) is 57.5 Å². The number of allylic oxidation sites excluding steroid dienone is 2. The van der Waals surface area contributed by atoms with Gasteiger partial charge in [-0.25, -0.2) is 0 Å². The van der Waals surface area contributed by atoms with Crippen LogP contribution in [0.25, 0.3) is 0 Å². The van der Waals surface area contributed by atoms with Gasteiger partial charge in [0, 0.05) is 37.7 Å². The predicted octanol–water partition coefficient (Wildman–Crippen LogP) is 6.33. The van der Waals surface area contributed by atoms with E-state index in [1.54, 1.807) is 38.5 Å². The minimum atomic E-state index is -0.0411. The van der Waals surface area contributed by atoms with Crippen molar-refractivity contribution in [2.45, 2.75) is 58.5 Å². The van der Waals surface area contributed by atoms with Gasteiger partial charge in [-0.15, -0.1) is 0 Å². The second-order valence-electron chi connectivity index (χ2n) is 12.3. The molecule has 0 N–H and O–H groups in total. The summed E-state index contributed by atoms with van der Waals surface area (Å²) < 4.78 is 23.5. The number of ether oxygens (including phenoxy) is 4. The molecule has 2 fully saturated rings. The summed E-state index contributed by atoms with van der Waals surface area (Å²) in [5, 5.41) is 0. The van der Waals surface area contributed by atoms with E-state index in [-0.39, 0.29) is 23.9 Å². The van der Waals surface area contributed by atoms with Crippen LogP contribution in [0.3, 0.4) is 0 Å². The molecule has 0 unspecified atom stereocenters. The maximum atomic E-state index is 13.3. The number of nitrogens with zero attached hydrogens (tertiary/aromatic N) is 4. The zero-order valence-corrected chi connectivity index (χ0v) is 27.2. The van der Waals surface area contributed by atoms with Gasteiger partial charge in [-0.3, -0.25) is 19.6 Å². The second-order valence-corrected chi connectivity index (χ2v) is 12.3. The molecular weight excluding hydrogens is 584 g/mol. The summed E-state index contributed by atoms with van der Waals surface area (Å²) >= 11 is 0. The summed E-state index contributed by atoms with van der Waals surface area (Å²) in [4.78, 5) is 39.7. The zero-order chi connectivity index (χ0) is 32.4. The molecule has 242 valence electrons. The fourth-order valence-electron chi connectivity index (χ4n) is 6.41. The van der Waals surface area contributed by atoms with Crippen molar-refractivity contribution in [3.63, 3.8) is 0 Å². The third kappa shape index (κ3) is 6.12. The maximum Gasteiger partial charge on any atom is 0.257 e. The van der Waals surface area contributed by atoms with E-state index in [4.69, 9.17) is 18.9 Å². The normalized spacial score (nSPS) is 22.3. The second kappa shape index (κ2) is 13.4. The SMILES string of the molecule is C/C=C1\C[C@H]2C=Nc3cc(OCCC(C)CCOc4cc5c(cc4OC)C(=O)N4C/C(=C/C)C[C@H]4C=N5)c(OC)cc3C(=O)N2C1. The molecule has 46 heavy (non-hydrogen) atoms. The van der Waals surface area contributed by atoms with Gasteiger partial charge in [0.15, 0.2) is 23.0 Å². The Labute approximate surface area is 270 Å². The van der Waals surface area contributed by atoms with Gasteiger partial charge in [-0.1, -0.05) is 30.2 Å². The molecule has 6 rings (SSSR count). The highest BCUT2D eigenvalue weighted by Gasteiger charge is 2.36. The monoisotopic (exact) mass is 626 g/mol. The summed E-state index contributed by atoms with van der Waals surface area (Å²) in [6.45, 7) is 8.35. The highest BCUT2D eigenvalue weighted by atomic mass is 16.5. The Morgan fingerprint density at radius 1 is 0.739 bits per heavy atom. The molecule has 2 saturated heterocycles. The van der Waals surface area contributed by atoms with Crippen molar-refractivity contribution in [3.8, 4) is 23.0 Å². The number of carbonyl (C=O) groups excluding carboxylic acids is 2. The molecule has 0 aromatic heterocycles. The van der Waals surface area contributed by atoms with E-state index in [0.717, 1.165) is 25.7 Å². The quantitative estimate of drug-likeness (QED) is 0.286. The third-order valence-corrected chi connectivity index (χ3v) is 9.36. The lowest BCUT2D eigenvalue weighted by atomic mass is 10.1. The molecule has 4 aliphatic rings. The fourth-order valence-corrected chi connectivity index (χ4v) is 6.41. The van der Waals surface area contributed by atoms with Crippen LogP contribution in [0.2, 0.25) is 0 Å². The van der Waals surface area contributed by atoms with Crippen molar-refractivity contribution >= 4 is 35.6 Å². The zero-order valence-electron chi connectivity index (χ0n) is 27.2. The largest absolute Gasteiger partial charge is 0.493 e. The smallest absolute Gasteiger partial charge is 0.257 e. The third-order valence-electron chi connectivity index (χ3n) is 9.36. The molecular formula is C36H42N4O6. The van der Waals surface area contributed by atoms with Crippen LogP contribution in [0.4, 0.5) is 11.4 Å². The maximum absolute atomic E-state index is 13.3. The molecule has 10 heteroatoms. The van der Waals surface area contributed by atoms with Gasteiger partial charge in [0.1, 0.15) is 0 Å².